The summed E-state index contributed by atoms with van der Waals surface area (Å²) in [6.07, 6.45) is 1.29. The van der Waals surface area contributed by atoms with Crippen LogP contribution in [0, 0.1) is 6.92 Å². The van der Waals surface area contributed by atoms with Gasteiger partial charge in [-0.3, -0.25) is 9.59 Å². The number of aryl methyl sites for hydroxylation is 1. The van der Waals surface area contributed by atoms with Crippen LogP contribution in [0.5, 0.6) is 5.75 Å². The van der Waals surface area contributed by atoms with Crippen LogP contribution in [-0.2, 0) is 0 Å². The number of aromatic nitrogens is 1. The van der Waals surface area contributed by atoms with E-state index in [1.54, 1.807) is 36.4 Å². The molecule has 0 fully saturated rings. The molecule has 3 aromatic rings. The number of nitrogens with one attached hydrogen (secondary N) is 2. The Morgan fingerprint density at radius 3 is 2.38 bits per heavy atom. The van der Waals surface area contributed by atoms with Crippen LogP contribution in [0.2, 0.25) is 0 Å². The minimum atomic E-state index is -0.585. The van der Waals surface area contributed by atoms with Crippen LogP contribution >= 0.6 is 0 Å². The first-order chi connectivity index (χ1) is 12.5. The first-order valence-electron chi connectivity index (χ1n) is 7.90. The van der Waals surface area contributed by atoms with E-state index in [0.29, 0.717) is 17.0 Å². The molecule has 6 nitrogen and oxygen atoms in total. The molecule has 1 amide bonds. The minimum absolute atomic E-state index is 0.216. The molecule has 0 atom stereocenters. The average molecular weight is 348 g/mol. The number of anilines is 1. The lowest BCUT2D eigenvalue weighted by molar-refractivity contribution is 0.0734. The Morgan fingerprint density at radius 2 is 1.73 bits per heavy atom. The number of ether oxygens (including phenoxy) is 1. The van der Waals surface area contributed by atoms with Gasteiger partial charge in [-0.25, -0.2) is 4.79 Å². The second kappa shape index (κ2) is 7.48. The number of hydrogen-bond acceptors (Lipinski definition) is 4. The Bertz CT molecular complexity index is 986. The fourth-order valence-corrected chi connectivity index (χ4v) is 2.30. The monoisotopic (exact) mass is 348 g/mol. The van der Waals surface area contributed by atoms with E-state index in [9.17, 15) is 14.4 Å². The zero-order chi connectivity index (χ0) is 18.5. The Labute approximate surface area is 149 Å². The van der Waals surface area contributed by atoms with Crippen molar-refractivity contribution in [2.45, 2.75) is 6.92 Å². The van der Waals surface area contributed by atoms with E-state index < -0.39 is 5.97 Å². The average Bonchev–Trinajstić information content (AvgIpc) is 2.64. The summed E-state index contributed by atoms with van der Waals surface area (Å²) >= 11 is 0. The Morgan fingerprint density at radius 1 is 0.962 bits per heavy atom. The summed E-state index contributed by atoms with van der Waals surface area (Å²) in [6.45, 7) is 1.92. The summed E-state index contributed by atoms with van der Waals surface area (Å²) in [6, 6.07) is 16.4. The van der Waals surface area contributed by atoms with E-state index in [4.69, 9.17) is 4.74 Å². The maximum atomic E-state index is 12.2. The molecule has 0 saturated carbocycles. The van der Waals surface area contributed by atoms with Crippen molar-refractivity contribution in [3.05, 3.63) is 93.9 Å². The van der Waals surface area contributed by atoms with E-state index in [0.717, 1.165) is 5.56 Å². The van der Waals surface area contributed by atoms with Gasteiger partial charge in [-0.15, -0.1) is 0 Å². The minimum Gasteiger partial charge on any atom is -0.423 e. The molecule has 0 spiro atoms. The van der Waals surface area contributed by atoms with Gasteiger partial charge in [-0.2, -0.15) is 0 Å². The van der Waals surface area contributed by atoms with Crippen LogP contribution in [0.3, 0.4) is 0 Å². The molecule has 0 radical (unpaired) electrons. The molecule has 2 aromatic carbocycles. The molecule has 0 aliphatic heterocycles. The molecule has 26 heavy (non-hydrogen) atoms. The van der Waals surface area contributed by atoms with Crippen molar-refractivity contribution < 1.29 is 14.3 Å². The number of amides is 1. The highest BCUT2D eigenvalue weighted by molar-refractivity contribution is 6.04. The first-order valence-corrected chi connectivity index (χ1v) is 7.90. The predicted molar refractivity (Wildman–Crippen MR) is 97.6 cm³/mol. The predicted octanol–water partition coefficient (Wildman–Crippen LogP) is 3.15. The Balaban J connectivity index is 1.64. The number of carbonyl (C=O) groups is 2. The third kappa shape index (κ3) is 4.24. The van der Waals surface area contributed by atoms with Crippen molar-refractivity contribution in [3.8, 4) is 5.75 Å². The van der Waals surface area contributed by atoms with Gasteiger partial charge in [-0.05, 0) is 49.4 Å². The number of pyridine rings is 1. The molecule has 0 saturated heterocycles. The van der Waals surface area contributed by atoms with Crippen molar-refractivity contribution >= 4 is 17.6 Å². The number of benzene rings is 2. The number of carbonyl (C=O) groups excluding carboxylic acids is 2. The maximum absolute atomic E-state index is 12.2. The van der Waals surface area contributed by atoms with Gasteiger partial charge in [0.2, 0.25) is 5.56 Å². The molecular formula is C20H16N2O4. The quantitative estimate of drug-likeness (QED) is 0.560. The van der Waals surface area contributed by atoms with Gasteiger partial charge in [-0.1, -0.05) is 17.7 Å². The van der Waals surface area contributed by atoms with E-state index in [1.807, 2.05) is 19.1 Å². The summed E-state index contributed by atoms with van der Waals surface area (Å²) in [7, 11) is 0. The van der Waals surface area contributed by atoms with Crippen LogP contribution in [0.25, 0.3) is 0 Å². The largest absolute Gasteiger partial charge is 0.423 e. The zero-order valence-electron chi connectivity index (χ0n) is 14.0. The number of H-pyrrole nitrogens is 1. The van der Waals surface area contributed by atoms with Crippen molar-refractivity contribution in [2.24, 2.45) is 0 Å². The molecular weight excluding hydrogens is 332 g/mol. The van der Waals surface area contributed by atoms with Gasteiger partial charge in [0.25, 0.3) is 5.91 Å². The second-order valence-corrected chi connectivity index (χ2v) is 5.68. The highest BCUT2D eigenvalue weighted by Crippen LogP contribution is 2.18. The smallest absolute Gasteiger partial charge is 0.345 e. The van der Waals surface area contributed by atoms with Crippen LogP contribution < -0.4 is 15.6 Å². The number of aromatic amines is 1. The van der Waals surface area contributed by atoms with Crippen LogP contribution in [-0.4, -0.2) is 16.9 Å². The lowest BCUT2D eigenvalue weighted by Gasteiger charge is -2.08. The Hall–Kier alpha value is -3.67. The van der Waals surface area contributed by atoms with E-state index >= 15 is 0 Å². The van der Waals surface area contributed by atoms with Gasteiger partial charge in [0, 0.05) is 23.5 Å². The molecule has 1 aromatic heterocycles. The lowest BCUT2D eigenvalue weighted by atomic mass is 10.1. The molecule has 6 heteroatoms. The highest BCUT2D eigenvalue weighted by Gasteiger charge is 2.10. The van der Waals surface area contributed by atoms with Crippen LogP contribution in [0.15, 0.2) is 71.7 Å². The molecule has 2 N–H and O–H groups in total. The maximum Gasteiger partial charge on any atom is 0.345 e. The van der Waals surface area contributed by atoms with Gasteiger partial charge in [0.05, 0.1) is 5.56 Å². The summed E-state index contributed by atoms with van der Waals surface area (Å²) in [5.41, 5.74) is 2.10. The van der Waals surface area contributed by atoms with Gasteiger partial charge in [0.1, 0.15) is 5.75 Å². The molecule has 130 valence electrons. The normalized spacial score (nSPS) is 10.2. The first kappa shape index (κ1) is 17.2. The molecule has 0 aliphatic rings. The van der Waals surface area contributed by atoms with Gasteiger partial charge >= 0.3 is 5.97 Å². The molecule has 0 unspecified atom stereocenters. The zero-order valence-corrected chi connectivity index (χ0v) is 14.0. The second-order valence-electron chi connectivity index (χ2n) is 5.68. The number of esters is 1. The standard InChI is InChI=1S/C20H16N2O4/c1-13-3-2-4-14(11-13)19(24)22-16-6-8-17(9-7-16)26-20(25)15-5-10-18(23)21-12-15/h2-12H,1H3,(H,21,23)(H,22,24). The fourth-order valence-electron chi connectivity index (χ4n) is 2.30. The fraction of sp³-hybridized carbons (Fsp3) is 0.0500. The van der Waals surface area contributed by atoms with Crippen molar-refractivity contribution in [2.75, 3.05) is 5.32 Å². The molecule has 0 bridgehead atoms. The Kier molecular flexibility index (Phi) is 4.94. The summed E-state index contributed by atoms with van der Waals surface area (Å²) in [5.74, 6) is -0.473. The van der Waals surface area contributed by atoms with Crippen molar-refractivity contribution in [3.63, 3.8) is 0 Å². The molecule has 0 aliphatic carbocycles. The van der Waals surface area contributed by atoms with E-state index in [-0.39, 0.29) is 17.0 Å². The topological polar surface area (TPSA) is 88.3 Å². The lowest BCUT2D eigenvalue weighted by Crippen LogP contribution is -2.13. The SMILES string of the molecule is Cc1cccc(C(=O)Nc2ccc(OC(=O)c3ccc(=O)[nH]c3)cc2)c1. The summed E-state index contributed by atoms with van der Waals surface area (Å²) in [5, 5.41) is 2.78. The third-order valence-electron chi connectivity index (χ3n) is 3.62. The van der Waals surface area contributed by atoms with Crippen LogP contribution in [0.4, 0.5) is 5.69 Å². The third-order valence-corrected chi connectivity index (χ3v) is 3.62. The van der Waals surface area contributed by atoms with Gasteiger partial charge < -0.3 is 15.0 Å². The molecule has 1 heterocycles. The van der Waals surface area contributed by atoms with E-state index in [2.05, 4.69) is 10.3 Å². The van der Waals surface area contributed by atoms with Crippen LogP contribution in [0.1, 0.15) is 26.3 Å². The number of rotatable bonds is 4. The van der Waals surface area contributed by atoms with E-state index in [1.165, 1.54) is 18.3 Å². The van der Waals surface area contributed by atoms with Gasteiger partial charge in [0.15, 0.2) is 0 Å². The summed E-state index contributed by atoms with van der Waals surface area (Å²) in [4.78, 5) is 37.6. The van der Waals surface area contributed by atoms with Crippen molar-refractivity contribution in [1.29, 1.82) is 0 Å². The molecule has 3 rings (SSSR count). The summed E-state index contributed by atoms with van der Waals surface area (Å²) < 4.78 is 5.23. The highest BCUT2D eigenvalue weighted by atomic mass is 16.5. The van der Waals surface area contributed by atoms with Crippen molar-refractivity contribution in [1.82, 2.24) is 4.98 Å². The number of hydrogen-bond donors (Lipinski definition) is 2.